The first-order valence-corrected chi connectivity index (χ1v) is 10.0. The van der Waals surface area contributed by atoms with Gasteiger partial charge in [0.15, 0.2) is 11.5 Å². The summed E-state index contributed by atoms with van der Waals surface area (Å²) in [5, 5.41) is 2.99. The number of nitrogens with zero attached hydrogens (tertiary/aromatic N) is 6. The molecule has 1 aliphatic rings. The maximum absolute atomic E-state index is 13.4. The maximum Gasteiger partial charge on any atom is 0.433 e. The number of aromatic nitrogens is 4. The number of hydrogen-bond donors (Lipinski definition) is 0. The van der Waals surface area contributed by atoms with Crippen LogP contribution in [-0.4, -0.2) is 51.0 Å². The number of halogens is 3. The maximum atomic E-state index is 13.4. The van der Waals surface area contributed by atoms with Crippen molar-refractivity contribution in [3.8, 4) is 11.4 Å². The summed E-state index contributed by atoms with van der Waals surface area (Å²) < 4.78 is 40.3. The van der Waals surface area contributed by atoms with Gasteiger partial charge in [0.1, 0.15) is 10.8 Å². The van der Waals surface area contributed by atoms with Crippen molar-refractivity contribution in [1.29, 1.82) is 0 Å². The Morgan fingerprint density at radius 2 is 1.90 bits per heavy atom. The van der Waals surface area contributed by atoms with Crippen LogP contribution in [0, 0.1) is 0 Å². The van der Waals surface area contributed by atoms with Crippen molar-refractivity contribution in [2.45, 2.75) is 19.1 Å². The molecule has 0 bridgehead atoms. The van der Waals surface area contributed by atoms with Crippen molar-refractivity contribution in [1.82, 2.24) is 24.8 Å². The number of alkyl halides is 3. The molecule has 0 amide bonds. The Morgan fingerprint density at radius 3 is 2.52 bits per heavy atom. The average molecular weight is 420 g/mol. The van der Waals surface area contributed by atoms with Gasteiger partial charge >= 0.3 is 6.18 Å². The second-order valence-electron chi connectivity index (χ2n) is 6.74. The van der Waals surface area contributed by atoms with Gasteiger partial charge in [0.2, 0.25) is 0 Å². The molecule has 1 unspecified atom stereocenters. The standard InChI is InChI=1S/C19H19F3N6S/c1-13(18-24-5-10-29-18)27-6-8-28(9-7-27)16-11-15(19(20,21)22)25-17(26-16)14-3-2-4-23-12-14/h2-5,10-13H,6-9H2,1H3. The second-order valence-corrected chi connectivity index (χ2v) is 7.67. The van der Waals surface area contributed by atoms with Crippen LogP contribution >= 0.6 is 11.3 Å². The molecular formula is C19H19F3N6S. The van der Waals surface area contributed by atoms with E-state index >= 15 is 0 Å². The van der Waals surface area contributed by atoms with Crippen molar-refractivity contribution >= 4 is 17.2 Å². The zero-order valence-corrected chi connectivity index (χ0v) is 16.5. The first-order valence-electron chi connectivity index (χ1n) is 9.17. The van der Waals surface area contributed by atoms with Gasteiger partial charge in [-0.25, -0.2) is 15.0 Å². The molecule has 0 spiro atoms. The summed E-state index contributed by atoms with van der Waals surface area (Å²) >= 11 is 1.61. The zero-order valence-electron chi connectivity index (χ0n) is 15.7. The third kappa shape index (κ3) is 4.38. The normalized spacial score (nSPS) is 16.8. The highest BCUT2D eigenvalue weighted by Crippen LogP contribution is 2.32. The molecule has 3 aromatic rings. The quantitative estimate of drug-likeness (QED) is 0.638. The fraction of sp³-hybridized carbons (Fsp3) is 0.368. The third-order valence-electron chi connectivity index (χ3n) is 4.92. The molecule has 0 N–H and O–H groups in total. The summed E-state index contributed by atoms with van der Waals surface area (Å²) in [6, 6.07) is 4.51. The first-order chi connectivity index (χ1) is 13.9. The zero-order chi connectivity index (χ0) is 20.4. The summed E-state index contributed by atoms with van der Waals surface area (Å²) in [5.41, 5.74) is -0.490. The van der Waals surface area contributed by atoms with Crippen LogP contribution in [0.1, 0.15) is 23.7 Å². The number of pyridine rings is 1. The molecule has 6 nitrogen and oxygen atoms in total. The Labute approximate surface area is 170 Å². The molecule has 3 aromatic heterocycles. The molecule has 4 heterocycles. The lowest BCUT2D eigenvalue weighted by atomic mass is 10.2. The summed E-state index contributed by atoms with van der Waals surface area (Å²) in [5.74, 6) is 0.314. The summed E-state index contributed by atoms with van der Waals surface area (Å²) in [6.07, 6.45) is 0.260. The van der Waals surface area contributed by atoms with Gasteiger partial charge in [-0.05, 0) is 19.1 Å². The number of thiazole rings is 1. The lowest BCUT2D eigenvalue weighted by Gasteiger charge is -2.38. The monoisotopic (exact) mass is 420 g/mol. The Balaban J connectivity index is 1.57. The van der Waals surface area contributed by atoms with Gasteiger partial charge in [0.05, 0.1) is 6.04 Å². The van der Waals surface area contributed by atoms with E-state index in [4.69, 9.17) is 0 Å². The lowest BCUT2D eigenvalue weighted by molar-refractivity contribution is -0.141. The van der Waals surface area contributed by atoms with Crippen LogP contribution in [0.15, 0.2) is 42.2 Å². The van der Waals surface area contributed by atoms with Crippen LogP contribution in [0.4, 0.5) is 19.0 Å². The van der Waals surface area contributed by atoms with E-state index in [1.807, 2.05) is 10.3 Å². The SMILES string of the molecule is CC(c1nccs1)N1CCN(c2cc(C(F)(F)F)nc(-c3cccnc3)n2)CC1. The number of anilines is 1. The van der Waals surface area contributed by atoms with Crippen molar-refractivity contribution in [3.63, 3.8) is 0 Å². The number of hydrogen-bond acceptors (Lipinski definition) is 7. The minimum atomic E-state index is -4.55. The van der Waals surface area contributed by atoms with Gasteiger partial charge in [-0.3, -0.25) is 9.88 Å². The number of piperazine rings is 1. The van der Waals surface area contributed by atoms with Gasteiger partial charge in [0, 0.05) is 61.8 Å². The van der Waals surface area contributed by atoms with Crippen molar-refractivity contribution in [3.05, 3.63) is 52.9 Å². The van der Waals surface area contributed by atoms with E-state index in [0.717, 1.165) is 11.1 Å². The molecule has 0 aromatic carbocycles. The molecule has 10 heteroatoms. The third-order valence-corrected chi connectivity index (χ3v) is 5.86. The van der Waals surface area contributed by atoms with Crippen LogP contribution < -0.4 is 4.90 Å². The van der Waals surface area contributed by atoms with E-state index in [9.17, 15) is 13.2 Å². The molecule has 1 fully saturated rings. The second kappa shape index (κ2) is 8.03. The predicted molar refractivity (Wildman–Crippen MR) is 105 cm³/mol. The molecule has 1 aliphatic heterocycles. The molecule has 29 heavy (non-hydrogen) atoms. The minimum Gasteiger partial charge on any atom is -0.354 e. The fourth-order valence-electron chi connectivity index (χ4n) is 3.30. The highest BCUT2D eigenvalue weighted by atomic mass is 32.1. The smallest absolute Gasteiger partial charge is 0.354 e. The minimum absolute atomic E-state index is 0.0292. The highest BCUT2D eigenvalue weighted by Gasteiger charge is 2.35. The fourth-order valence-corrected chi connectivity index (χ4v) is 4.03. The molecule has 0 saturated carbocycles. The summed E-state index contributed by atoms with van der Waals surface area (Å²) in [6.45, 7) is 4.69. The van der Waals surface area contributed by atoms with Crippen LogP contribution in [0.25, 0.3) is 11.4 Å². The van der Waals surface area contributed by atoms with E-state index in [2.05, 4.69) is 31.8 Å². The average Bonchev–Trinajstić information content (AvgIpc) is 3.28. The number of rotatable bonds is 4. The molecular weight excluding hydrogens is 401 g/mol. The molecule has 1 saturated heterocycles. The Kier molecular flexibility index (Phi) is 5.46. The van der Waals surface area contributed by atoms with E-state index < -0.39 is 11.9 Å². The van der Waals surface area contributed by atoms with E-state index in [1.165, 1.54) is 6.20 Å². The van der Waals surface area contributed by atoms with Crippen LogP contribution in [0.5, 0.6) is 0 Å². The van der Waals surface area contributed by atoms with Gasteiger partial charge < -0.3 is 4.90 Å². The van der Waals surface area contributed by atoms with Crippen molar-refractivity contribution in [2.75, 3.05) is 31.1 Å². The van der Waals surface area contributed by atoms with Crippen LogP contribution in [0.3, 0.4) is 0 Å². The molecule has 4 rings (SSSR count). The first kappa shape index (κ1) is 19.7. The topological polar surface area (TPSA) is 58.0 Å². The van der Waals surface area contributed by atoms with Crippen LogP contribution in [0.2, 0.25) is 0 Å². The van der Waals surface area contributed by atoms with E-state index in [0.29, 0.717) is 31.7 Å². The Hall–Kier alpha value is -2.59. The largest absolute Gasteiger partial charge is 0.433 e. The highest BCUT2D eigenvalue weighted by molar-refractivity contribution is 7.09. The Bertz CT molecular complexity index is 940. The van der Waals surface area contributed by atoms with Crippen LogP contribution in [-0.2, 0) is 6.18 Å². The van der Waals surface area contributed by atoms with Crippen molar-refractivity contribution < 1.29 is 13.2 Å². The summed E-state index contributed by atoms with van der Waals surface area (Å²) in [7, 11) is 0. The molecule has 0 aliphatic carbocycles. The van der Waals surface area contributed by atoms with Gasteiger partial charge in [-0.15, -0.1) is 11.3 Å². The molecule has 0 radical (unpaired) electrons. The van der Waals surface area contributed by atoms with E-state index in [1.54, 1.807) is 35.9 Å². The molecule has 1 atom stereocenters. The van der Waals surface area contributed by atoms with Gasteiger partial charge in [-0.2, -0.15) is 13.2 Å². The Morgan fingerprint density at radius 1 is 1.10 bits per heavy atom. The predicted octanol–water partition coefficient (Wildman–Crippen LogP) is 3.90. The van der Waals surface area contributed by atoms with Crippen molar-refractivity contribution in [2.24, 2.45) is 0 Å². The van der Waals surface area contributed by atoms with Gasteiger partial charge in [0.25, 0.3) is 0 Å². The lowest BCUT2D eigenvalue weighted by Crippen LogP contribution is -2.47. The summed E-state index contributed by atoms with van der Waals surface area (Å²) in [4.78, 5) is 20.6. The van der Waals surface area contributed by atoms with E-state index in [-0.39, 0.29) is 17.7 Å². The van der Waals surface area contributed by atoms with Gasteiger partial charge in [-0.1, -0.05) is 0 Å². The molecule has 152 valence electrons.